The second kappa shape index (κ2) is 3.93. The molecule has 0 saturated heterocycles. The van der Waals surface area contributed by atoms with E-state index in [1.54, 1.807) is 6.33 Å². The smallest absolute Gasteiger partial charge is 0.226 e. The molecule has 2 aliphatic carbocycles. The van der Waals surface area contributed by atoms with Crippen LogP contribution >= 0.6 is 11.6 Å². The third-order valence-corrected chi connectivity index (χ3v) is 4.48. The van der Waals surface area contributed by atoms with E-state index in [1.165, 1.54) is 12.8 Å². The van der Waals surface area contributed by atoms with Gasteiger partial charge in [-0.2, -0.15) is 9.97 Å². The summed E-state index contributed by atoms with van der Waals surface area (Å²) in [6, 6.07) is 0. The molecule has 2 heterocycles. The standard InChI is InChI=1S/C13H14ClN5/c14-13-17-11(15)10-12(18-13)19(6-16-10)5-9-4-7-1-2-8(9)3-7/h1-2,6-9H,3-5H2,(H2,15,17,18)/t7-,8+,9?/m0/s1. The lowest BCUT2D eigenvalue weighted by Gasteiger charge is -2.18. The molecule has 98 valence electrons. The van der Waals surface area contributed by atoms with Crippen LogP contribution in [0.15, 0.2) is 18.5 Å². The summed E-state index contributed by atoms with van der Waals surface area (Å²) in [6.45, 7) is 0.925. The van der Waals surface area contributed by atoms with E-state index in [9.17, 15) is 0 Å². The zero-order valence-corrected chi connectivity index (χ0v) is 11.1. The molecule has 2 N–H and O–H groups in total. The van der Waals surface area contributed by atoms with Crippen molar-refractivity contribution < 1.29 is 0 Å². The van der Waals surface area contributed by atoms with Gasteiger partial charge in [-0.3, -0.25) is 0 Å². The molecule has 0 aliphatic heterocycles. The quantitative estimate of drug-likeness (QED) is 0.674. The molecule has 0 spiro atoms. The van der Waals surface area contributed by atoms with Gasteiger partial charge in [0.25, 0.3) is 0 Å². The maximum Gasteiger partial charge on any atom is 0.226 e. The van der Waals surface area contributed by atoms with Crippen molar-refractivity contribution in [1.82, 2.24) is 19.5 Å². The van der Waals surface area contributed by atoms with Gasteiger partial charge in [0.2, 0.25) is 5.28 Å². The van der Waals surface area contributed by atoms with Crippen molar-refractivity contribution in [3.05, 3.63) is 23.8 Å². The number of nitrogens with zero attached hydrogens (tertiary/aromatic N) is 4. The normalized spacial score (nSPS) is 28.6. The van der Waals surface area contributed by atoms with E-state index in [-0.39, 0.29) is 5.28 Å². The second-order valence-corrected chi connectivity index (χ2v) is 5.83. The number of halogens is 1. The van der Waals surface area contributed by atoms with E-state index in [0.717, 1.165) is 18.1 Å². The van der Waals surface area contributed by atoms with Crippen LogP contribution in [0.5, 0.6) is 0 Å². The van der Waals surface area contributed by atoms with Crippen molar-refractivity contribution in [2.75, 3.05) is 5.73 Å². The maximum absolute atomic E-state index is 5.88. The van der Waals surface area contributed by atoms with E-state index in [1.807, 2.05) is 0 Å². The number of allylic oxidation sites excluding steroid dienone is 2. The fourth-order valence-electron chi connectivity index (χ4n) is 3.43. The Labute approximate surface area is 115 Å². The van der Waals surface area contributed by atoms with Crippen molar-refractivity contribution in [2.24, 2.45) is 17.8 Å². The molecule has 19 heavy (non-hydrogen) atoms. The molecule has 2 bridgehead atoms. The molecule has 0 radical (unpaired) electrons. The molecule has 6 heteroatoms. The highest BCUT2D eigenvalue weighted by atomic mass is 35.5. The number of hydrogen-bond donors (Lipinski definition) is 1. The zero-order valence-electron chi connectivity index (χ0n) is 10.3. The first-order valence-electron chi connectivity index (χ1n) is 6.53. The minimum atomic E-state index is 0.180. The summed E-state index contributed by atoms with van der Waals surface area (Å²) in [5, 5.41) is 0.180. The topological polar surface area (TPSA) is 69.6 Å². The van der Waals surface area contributed by atoms with E-state index in [2.05, 4.69) is 31.7 Å². The minimum absolute atomic E-state index is 0.180. The van der Waals surface area contributed by atoms with Crippen molar-refractivity contribution >= 4 is 28.6 Å². The highest BCUT2D eigenvalue weighted by Crippen LogP contribution is 2.44. The maximum atomic E-state index is 5.88. The van der Waals surface area contributed by atoms with Crippen LogP contribution in [0.4, 0.5) is 5.82 Å². The largest absolute Gasteiger partial charge is 0.382 e. The van der Waals surface area contributed by atoms with Gasteiger partial charge in [0, 0.05) is 6.54 Å². The third-order valence-electron chi connectivity index (χ3n) is 4.31. The first-order valence-corrected chi connectivity index (χ1v) is 6.90. The van der Waals surface area contributed by atoms with Gasteiger partial charge in [-0.1, -0.05) is 12.2 Å². The fraction of sp³-hybridized carbons (Fsp3) is 0.462. The van der Waals surface area contributed by atoms with Gasteiger partial charge in [0.1, 0.15) is 5.52 Å². The predicted molar refractivity (Wildman–Crippen MR) is 73.6 cm³/mol. The average Bonchev–Trinajstić information content (AvgIpc) is 3.05. The molecule has 0 aromatic carbocycles. The van der Waals surface area contributed by atoms with Crippen LogP contribution in [0.25, 0.3) is 11.2 Å². The van der Waals surface area contributed by atoms with Crippen molar-refractivity contribution in [3.63, 3.8) is 0 Å². The lowest BCUT2D eigenvalue weighted by molar-refractivity contribution is 0.387. The summed E-state index contributed by atoms with van der Waals surface area (Å²) in [5.41, 5.74) is 7.20. The summed E-state index contributed by atoms with van der Waals surface area (Å²) >= 11 is 5.88. The van der Waals surface area contributed by atoms with Crippen LogP contribution in [0.2, 0.25) is 5.28 Å². The number of rotatable bonds is 2. The van der Waals surface area contributed by atoms with Crippen LogP contribution < -0.4 is 5.73 Å². The lowest BCUT2D eigenvalue weighted by Crippen LogP contribution is -2.15. The minimum Gasteiger partial charge on any atom is -0.382 e. The Balaban J connectivity index is 1.70. The molecule has 2 aliphatic rings. The molecule has 5 nitrogen and oxygen atoms in total. The van der Waals surface area contributed by atoms with Gasteiger partial charge in [-0.25, -0.2) is 4.98 Å². The van der Waals surface area contributed by atoms with Gasteiger partial charge in [0.05, 0.1) is 6.33 Å². The summed E-state index contributed by atoms with van der Waals surface area (Å²) in [5.74, 6) is 2.49. The first-order chi connectivity index (χ1) is 9.20. The van der Waals surface area contributed by atoms with Crippen LogP contribution in [0, 0.1) is 17.8 Å². The number of hydrogen-bond acceptors (Lipinski definition) is 4. The summed E-state index contributed by atoms with van der Waals surface area (Å²) in [4.78, 5) is 12.5. The SMILES string of the molecule is Nc1nc(Cl)nc2c1ncn2CC1C[C@H]2C=C[C@@H]1C2. The number of nitrogens with two attached hydrogens (primary N) is 1. The van der Waals surface area contributed by atoms with E-state index in [4.69, 9.17) is 17.3 Å². The molecule has 1 saturated carbocycles. The molecule has 1 unspecified atom stereocenters. The lowest BCUT2D eigenvalue weighted by atomic mass is 9.93. The second-order valence-electron chi connectivity index (χ2n) is 5.49. The zero-order chi connectivity index (χ0) is 13.0. The predicted octanol–water partition coefficient (Wildman–Crippen LogP) is 2.27. The third kappa shape index (κ3) is 1.72. The van der Waals surface area contributed by atoms with Gasteiger partial charge < -0.3 is 10.3 Å². The number of fused-ring (bicyclic) bond motifs is 3. The van der Waals surface area contributed by atoms with Crippen LogP contribution in [-0.4, -0.2) is 19.5 Å². The molecule has 2 aromatic heterocycles. The molecule has 1 fully saturated rings. The average molecular weight is 276 g/mol. The van der Waals surface area contributed by atoms with Crippen molar-refractivity contribution in [2.45, 2.75) is 19.4 Å². The molecule has 4 rings (SSSR count). The van der Waals surface area contributed by atoms with Crippen molar-refractivity contribution in [1.29, 1.82) is 0 Å². The Kier molecular flexibility index (Phi) is 2.33. The van der Waals surface area contributed by atoms with E-state index in [0.29, 0.717) is 23.2 Å². The van der Waals surface area contributed by atoms with Crippen LogP contribution in [0.1, 0.15) is 12.8 Å². The first kappa shape index (κ1) is 11.2. The summed E-state index contributed by atoms with van der Waals surface area (Å²) in [6.07, 6.45) is 9.06. The number of nitrogen functional groups attached to an aromatic ring is 1. The summed E-state index contributed by atoms with van der Waals surface area (Å²) < 4.78 is 2.05. The molecule has 3 atom stereocenters. The van der Waals surface area contributed by atoms with Gasteiger partial charge in [-0.05, 0) is 42.2 Å². The Morgan fingerprint density at radius 3 is 2.95 bits per heavy atom. The van der Waals surface area contributed by atoms with E-state index >= 15 is 0 Å². The molecule has 2 aromatic rings. The molecular formula is C13H14ClN5. The van der Waals surface area contributed by atoms with Gasteiger partial charge >= 0.3 is 0 Å². The monoisotopic (exact) mass is 275 g/mol. The number of imidazole rings is 1. The Bertz CT molecular complexity index is 677. The molecular weight excluding hydrogens is 262 g/mol. The number of aromatic nitrogens is 4. The highest BCUT2D eigenvalue weighted by Gasteiger charge is 2.35. The van der Waals surface area contributed by atoms with Crippen molar-refractivity contribution in [3.8, 4) is 0 Å². The van der Waals surface area contributed by atoms with Crippen LogP contribution in [-0.2, 0) is 6.54 Å². The Morgan fingerprint density at radius 1 is 1.32 bits per heavy atom. The van der Waals surface area contributed by atoms with Crippen LogP contribution in [0.3, 0.4) is 0 Å². The molecule has 0 amide bonds. The highest BCUT2D eigenvalue weighted by molar-refractivity contribution is 6.28. The van der Waals surface area contributed by atoms with Gasteiger partial charge in [-0.15, -0.1) is 0 Å². The van der Waals surface area contributed by atoms with E-state index < -0.39 is 0 Å². The fourth-order valence-corrected chi connectivity index (χ4v) is 3.60. The Morgan fingerprint density at radius 2 is 2.21 bits per heavy atom. The number of anilines is 1. The van der Waals surface area contributed by atoms with Gasteiger partial charge in [0.15, 0.2) is 11.5 Å². The Hall–Kier alpha value is -1.62. The summed E-state index contributed by atoms with van der Waals surface area (Å²) in [7, 11) is 0.